The highest BCUT2D eigenvalue weighted by Crippen LogP contribution is 2.58. The molecule has 0 saturated carbocycles. The Hall–Kier alpha value is -3.39. The maximum atomic E-state index is 13.0. The van der Waals surface area contributed by atoms with Crippen LogP contribution in [0.4, 0.5) is 0 Å². The van der Waals surface area contributed by atoms with Gasteiger partial charge in [0.2, 0.25) is 18.3 Å². The topological polar surface area (TPSA) is 92.7 Å². The van der Waals surface area contributed by atoms with Crippen molar-refractivity contribution in [1.82, 2.24) is 0 Å². The molecule has 1 aliphatic carbocycles. The van der Waals surface area contributed by atoms with Crippen molar-refractivity contribution in [2.24, 2.45) is 11.8 Å². The summed E-state index contributed by atoms with van der Waals surface area (Å²) in [6.45, 7) is 7.58. The van der Waals surface area contributed by atoms with Gasteiger partial charge in [0.25, 0.3) is 0 Å². The maximum Gasteiger partial charge on any atom is 0.338 e. The average Bonchev–Trinajstić information content (AvgIpc) is 3.33. The molecule has 4 rings (SSSR count). The monoisotopic (exact) mass is 484 g/mol. The predicted octanol–water partition coefficient (Wildman–Crippen LogP) is 4.84. The minimum atomic E-state index is -0.828. The van der Waals surface area contributed by atoms with E-state index in [0.717, 1.165) is 5.56 Å². The lowest BCUT2D eigenvalue weighted by Gasteiger charge is -2.33. The van der Waals surface area contributed by atoms with Crippen molar-refractivity contribution >= 4 is 5.97 Å². The Labute approximate surface area is 205 Å². The number of ether oxygens (including phenoxy) is 6. The Morgan fingerprint density at radius 2 is 1.74 bits per heavy atom. The number of carbonyl (C=O) groups is 1. The lowest BCUT2D eigenvalue weighted by molar-refractivity contribution is -0.130. The third-order valence-corrected chi connectivity index (χ3v) is 7.02. The van der Waals surface area contributed by atoms with E-state index in [0.29, 0.717) is 51.7 Å². The van der Waals surface area contributed by atoms with Crippen LogP contribution in [-0.2, 0) is 11.2 Å². The molecule has 8 nitrogen and oxygen atoms in total. The summed E-state index contributed by atoms with van der Waals surface area (Å²) < 4.78 is 34.5. The molecule has 0 amide bonds. The molecule has 0 fully saturated rings. The van der Waals surface area contributed by atoms with Crippen LogP contribution in [0.2, 0.25) is 0 Å². The third kappa shape index (κ3) is 4.05. The van der Waals surface area contributed by atoms with Crippen molar-refractivity contribution in [2.75, 3.05) is 28.1 Å². The van der Waals surface area contributed by atoms with E-state index in [1.54, 1.807) is 33.1 Å². The minimum absolute atomic E-state index is 0.0394. The van der Waals surface area contributed by atoms with Gasteiger partial charge in [-0.3, -0.25) is 0 Å². The second-order valence-corrected chi connectivity index (χ2v) is 8.93. The van der Waals surface area contributed by atoms with Crippen molar-refractivity contribution in [3.63, 3.8) is 0 Å². The van der Waals surface area contributed by atoms with Gasteiger partial charge in [0.05, 0.1) is 27.4 Å². The molecule has 1 N–H and O–H groups in total. The van der Waals surface area contributed by atoms with E-state index >= 15 is 0 Å². The molecule has 2 aromatic rings. The zero-order valence-corrected chi connectivity index (χ0v) is 21.2. The van der Waals surface area contributed by atoms with E-state index < -0.39 is 12.1 Å². The van der Waals surface area contributed by atoms with E-state index in [-0.39, 0.29) is 30.1 Å². The first-order valence-corrected chi connectivity index (χ1v) is 11.6. The van der Waals surface area contributed by atoms with Gasteiger partial charge in [-0.15, -0.1) is 0 Å². The number of rotatable bonds is 5. The van der Waals surface area contributed by atoms with Crippen molar-refractivity contribution < 1.29 is 38.3 Å². The van der Waals surface area contributed by atoms with Crippen LogP contribution >= 0.6 is 0 Å². The smallest absolute Gasteiger partial charge is 0.338 e. The van der Waals surface area contributed by atoms with Crippen molar-refractivity contribution in [3.05, 3.63) is 34.9 Å². The van der Waals surface area contributed by atoms with Crippen LogP contribution in [-0.4, -0.2) is 39.2 Å². The highest BCUT2D eigenvalue weighted by molar-refractivity contribution is 5.94. The molecular weight excluding hydrogens is 452 g/mol. The van der Waals surface area contributed by atoms with Crippen molar-refractivity contribution in [1.29, 1.82) is 0 Å². The Bertz CT molecular complexity index is 1180. The van der Waals surface area contributed by atoms with E-state index in [1.165, 1.54) is 14.2 Å². The molecule has 1 aliphatic heterocycles. The molecule has 188 valence electrons. The SMILES string of the molecule is C/C=C(\C)C(=O)Oc1c(OC)c(OC)cc2c1-c1c(cc3c(c1OC)OCO3)[C@H](O)[C@H](C)[C@H](C)C2. The van der Waals surface area contributed by atoms with Crippen LogP contribution in [0.5, 0.6) is 34.5 Å². The van der Waals surface area contributed by atoms with Gasteiger partial charge in [-0.05, 0) is 55.4 Å². The highest BCUT2D eigenvalue weighted by atomic mass is 16.7. The maximum absolute atomic E-state index is 13.0. The fourth-order valence-corrected chi connectivity index (χ4v) is 4.68. The van der Waals surface area contributed by atoms with Gasteiger partial charge in [0, 0.05) is 16.7 Å². The van der Waals surface area contributed by atoms with Gasteiger partial charge >= 0.3 is 5.97 Å². The van der Waals surface area contributed by atoms with E-state index in [9.17, 15) is 9.90 Å². The number of fused-ring (bicyclic) bond motifs is 4. The summed E-state index contributed by atoms with van der Waals surface area (Å²) in [4.78, 5) is 13.0. The quantitative estimate of drug-likeness (QED) is 0.366. The lowest BCUT2D eigenvalue weighted by Crippen LogP contribution is -2.23. The molecule has 0 unspecified atom stereocenters. The molecule has 0 spiro atoms. The van der Waals surface area contributed by atoms with Crippen LogP contribution in [0, 0.1) is 11.8 Å². The Morgan fingerprint density at radius 3 is 2.37 bits per heavy atom. The second kappa shape index (κ2) is 9.70. The van der Waals surface area contributed by atoms with Crippen LogP contribution in [0.15, 0.2) is 23.8 Å². The van der Waals surface area contributed by atoms with E-state index in [4.69, 9.17) is 28.4 Å². The first-order chi connectivity index (χ1) is 16.8. The van der Waals surface area contributed by atoms with E-state index in [1.807, 2.05) is 13.0 Å². The molecule has 2 aromatic carbocycles. The molecule has 3 atom stereocenters. The zero-order chi connectivity index (χ0) is 25.4. The molecule has 0 radical (unpaired) electrons. The van der Waals surface area contributed by atoms with Gasteiger partial charge in [-0.1, -0.05) is 19.9 Å². The van der Waals surface area contributed by atoms with Gasteiger partial charge in [0.1, 0.15) is 0 Å². The molecule has 35 heavy (non-hydrogen) atoms. The second-order valence-electron chi connectivity index (χ2n) is 8.93. The summed E-state index contributed by atoms with van der Waals surface area (Å²) in [6, 6.07) is 3.67. The molecule has 0 bridgehead atoms. The number of hydrogen-bond donors (Lipinski definition) is 1. The number of allylic oxidation sites excluding steroid dienone is 1. The van der Waals surface area contributed by atoms with Crippen molar-refractivity contribution in [2.45, 2.75) is 40.2 Å². The number of aliphatic hydroxyl groups is 1. The molecule has 0 aromatic heterocycles. The fraction of sp³-hybridized carbons (Fsp3) is 0.444. The minimum Gasteiger partial charge on any atom is -0.493 e. The van der Waals surface area contributed by atoms with Gasteiger partial charge in [-0.2, -0.15) is 0 Å². The summed E-state index contributed by atoms with van der Waals surface area (Å²) in [5, 5.41) is 11.5. The van der Waals surface area contributed by atoms with Gasteiger partial charge in [0.15, 0.2) is 23.0 Å². The summed E-state index contributed by atoms with van der Waals surface area (Å²) in [5.41, 5.74) is 3.06. The first-order valence-electron chi connectivity index (χ1n) is 11.6. The highest BCUT2D eigenvalue weighted by Gasteiger charge is 2.38. The largest absolute Gasteiger partial charge is 0.493 e. The molecule has 2 aliphatic rings. The van der Waals surface area contributed by atoms with Crippen LogP contribution in [0.3, 0.4) is 0 Å². The normalized spacial score (nSPS) is 20.8. The number of carbonyl (C=O) groups excluding carboxylic acids is 1. The summed E-state index contributed by atoms with van der Waals surface area (Å²) in [7, 11) is 4.56. The lowest BCUT2D eigenvalue weighted by atomic mass is 9.76. The van der Waals surface area contributed by atoms with Crippen molar-refractivity contribution in [3.8, 4) is 45.6 Å². The average molecular weight is 485 g/mol. The first kappa shape index (κ1) is 24.7. The fourth-order valence-electron chi connectivity index (χ4n) is 4.68. The van der Waals surface area contributed by atoms with Gasteiger partial charge in [-0.25, -0.2) is 4.79 Å². The molecule has 1 heterocycles. The molecule has 0 saturated heterocycles. The van der Waals surface area contributed by atoms with Crippen LogP contribution in [0.25, 0.3) is 11.1 Å². The standard InChI is InChI=1S/C27H32O8/c1-8-13(2)27(29)35-26-20-16(10-18(30-5)23(26)31-6)9-14(3)15(4)22(28)17-11-19-24(34-12-33-19)25(32-7)21(17)20/h8,10-11,14-15,22,28H,9,12H2,1-7H3/b13-8+/t14-,15-,22-/m1/s1. The van der Waals surface area contributed by atoms with Gasteiger partial charge < -0.3 is 33.5 Å². The Morgan fingerprint density at radius 1 is 1.03 bits per heavy atom. The summed E-state index contributed by atoms with van der Waals surface area (Å²) >= 11 is 0. The molecule has 8 heteroatoms. The zero-order valence-electron chi connectivity index (χ0n) is 21.2. The summed E-state index contributed by atoms with van der Waals surface area (Å²) in [5.74, 6) is 1.70. The molecular formula is C27H32O8. The number of aliphatic hydroxyl groups excluding tert-OH is 1. The Balaban J connectivity index is 2.15. The number of benzene rings is 2. The van der Waals surface area contributed by atoms with Crippen LogP contribution in [0.1, 0.15) is 44.9 Å². The Kier molecular flexibility index (Phi) is 6.85. The number of esters is 1. The van der Waals surface area contributed by atoms with Crippen LogP contribution < -0.4 is 28.4 Å². The predicted molar refractivity (Wildman–Crippen MR) is 130 cm³/mol. The number of hydrogen-bond acceptors (Lipinski definition) is 8. The summed E-state index contributed by atoms with van der Waals surface area (Å²) in [6.07, 6.45) is 1.45. The van der Waals surface area contributed by atoms with E-state index in [2.05, 4.69) is 6.92 Å². The third-order valence-electron chi connectivity index (χ3n) is 7.02. The number of methoxy groups -OCH3 is 3.